The molecule has 0 heterocycles. The SMILES string of the molecule is CCC(C)CN(C)CCC(N)c1cccc(F)c1F. The Morgan fingerprint density at radius 3 is 2.63 bits per heavy atom. The van der Waals surface area contributed by atoms with E-state index in [1.54, 1.807) is 6.07 Å². The molecule has 2 nitrogen and oxygen atoms in total. The van der Waals surface area contributed by atoms with Gasteiger partial charge < -0.3 is 10.6 Å². The molecule has 0 bridgehead atoms. The van der Waals surface area contributed by atoms with E-state index in [1.807, 2.05) is 7.05 Å². The Hall–Kier alpha value is -1.00. The van der Waals surface area contributed by atoms with Gasteiger partial charge in [0.15, 0.2) is 11.6 Å². The van der Waals surface area contributed by atoms with Crippen LogP contribution in [-0.4, -0.2) is 25.0 Å². The van der Waals surface area contributed by atoms with Gasteiger partial charge in [0.2, 0.25) is 0 Å². The second kappa shape index (κ2) is 7.56. The monoisotopic (exact) mass is 270 g/mol. The minimum absolute atomic E-state index is 0.261. The summed E-state index contributed by atoms with van der Waals surface area (Å²) in [6, 6.07) is 3.70. The van der Waals surface area contributed by atoms with Crippen molar-refractivity contribution in [2.75, 3.05) is 20.1 Å². The minimum atomic E-state index is -0.832. The number of nitrogens with zero attached hydrogens (tertiary/aromatic N) is 1. The van der Waals surface area contributed by atoms with E-state index in [4.69, 9.17) is 5.73 Å². The summed E-state index contributed by atoms with van der Waals surface area (Å²) in [5.74, 6) is -1.02. The summed E-state index contributed by atoms with van der Waals surface area (Å²) in [6.45, 7) is 6.13. The molecule has 2 unspecified atom stereocenters. The van der Waals surface area contributed by atoms with Gasteiger partial charge in [0, 0.05) is 18.2 Å². The fraction of sp³-hybridized carbons (Fsp3) is 0.600. The fourth-order valence-corrected chi connectivity index (χ4v) is 2.07. The van der Waals surface area contributed by atoms with E-state index in [9.17, 15) is 8.78 Å². The van der Waals surface area contributed by atoms with E-state index in [2.05, 4.69) is 18.7 Å². The Bertz CT molecular complexity index is 396. The van der Waals surface area contributed by atoms with Crippen LogP contribution in [0.15, 0.2) is 18.2 Å². The van der Waals surface area contributed by atoms with Gasteiger partial charge in [-0.15, -0.1) is 0 Å². The third-order valence-corrected chi connectivity index (χ3v) is 3.52. The normalized spacial score (nSPS) is 14.7. The van der Waals surface area contributed by atoms with Crippen molar-refractivity contribution < 1.29 is 8.78 Å². The second-order valence-electron chi connectivity index (χ2n) is 5.31. The van der Waals surface area contributed by atoms with Gasteiger partial charge >= 0.3 is 0 Å². The van der Waals surface area contributed by atoms with Gasteiger partial charge in [-0.25, -0.2) is 8.78 Å². The molecule has 0 aromatic heterocycles. The van der Waals surface area contributed by atoms with Crippen molar-refractivity contribution in [2.24, 2.45) is 11.7 Å². The van der Waals surface area contributed by atoms with E-state index < -0.39 is 17.7 Å². The van der Waals surface area contributed by atoms with E-state index in [1.165, 1.54) is 6.07 Å². The molecule has 2 N–H and O–H groups in total. The first kappa shape index (κ1) is 16.1. The summed E-state index contributed by atoms with van der Waals surface area (Å²) in [4.78, 5) is 2.19. The Morgan fingerprint density at radius 1 is 1.32 bits per heavy atom. The molecule has 0 amide bonds. The number of halogens is 2. The molecular formula is C15H24F2N2. The summed E-state index contributed by atoms with van der Waals surface area (Å²) >= 11 is 0. The molecule has 108 valence electrons. The lowest BCUT2D eigenvalue weighted by Crippen LogP contribution is -2.28. The largest absolute Gasteiger partial charge is 0.324 e. The first-order valence-corrected chi connectivity index (χ1v) is 6.83. The maximum absolute atomic E-state index is 13.6. The summed E-state index contributed by atoms with van der Waals surface area (Å²) in [7, 11) is 2.03. The van der Waals surface area contributed by atoms with E-state index in [0.29, 0.717) is 12.3 Å². The molecule has 1 rings (SSSR count). The van der Waals surface area contributed by atoms with Crippen LogP contribution in [0.4, 0.5) is 8.78 Å². The van der Waals surface area contributed by atoms with Crippen LogP contribution in [0.25, 0.3) is 0 Å². The van der Waals surface area contributed by atoms with Gasteiger partial charge in [0.25, 0.3) is 0 Å². The van der Waals surface area contributed by atoms with Crippen molar-refractivity contribution in [3.63, 3.8) is 0 Å². The summed E-state index contributed by atoms with van der Waals surface area (Å²) in [5.41, 5.74) is 6.20. The maximum Gasteiger partial charge on any atom is 0.163 e. The molecule has 0 saturated carbocycles. The Kier molecular flexibility index (Phi) is 6.38. The minimum Gasteiger partial charge on any atom is -0.324 e. The molecule has 0 fully saturated rings. The van der Waals surface area contributed by atoms with Gasteiger partial charge in [0.1, 0.15) is 0 Å². The van der Waals surface area contributed by atoms with Crippen LogP contribution in [0, 0.1) is 17.6 Å². The second-order valence-corrected chi connectivity index (χ2v) is 5.31. The van der Waals surface area contributed by atoms with E-state index in [0.717, 1.165) is 25.6 Å². The molecule has 0 aliphatic carbocycles. The molecule has 2 atom stereocenters. The molecule has 19 heavy (non-hydrogen) atoms. The highest BCUT2D eigenvalue weighted by molar-refractivity contribution is 5.22. The highest BCUT2D eigenvalue weighted by Gasteiger charge is 2.15. The van der Waals surface area contributed by atoms with Crippen molar-refractivity contribution in [1.82, 2.24) is 4.90 Å². The first-order chi connectivity index (χ1) is 8.95. The molecule has 1 aromatic carbocycles. The van der Waals surface area contributed by atoms with Crippen molar-refractivity contribution in [3.8, 4) is 0 Å². The van der Waals surface area contributed by atoms with Gasteiger partial charge in [-0.1, -0.05) is 32.4 Å². The topological polar surface area (TPSA) is 29.3 Å². The zero-order valence-electron chi connectivity index (χ0n) is 12.0. The molecular weight excluding hydrogens is 246 g/mol. The number of hydrogen-bond donors (Lipinski definition) is 1. The van der Waals surface area contributed by atoms with Crippen molar-refractivity contribution in [3.05, 3.63) is 35.4 Å². The maximum atomic E-state index is 13.6. The highest BCUT2D eigenvalue weighted by Crippen LogP contribution is 2.20. The van der Waals surface area contributed by atoms with Gasteiger partial charge in [-0.2, -0.15) is 0 Å². The summed E-state index contributed by atoms with van der Waals surface area (Å²) in [5, 5.41) is 0. The van der Waals surface area contributed by atoms with Crippen LogP contribution in [0.3, 0.4) is 0 Å². The third kappa shape index (κ3) is 4.88. The zero-order valence-corrected chi connectivity index (χ0v) is 12.0. The Balaban J connectivity index is 2.51. The molecule has 0 aliphatic rings. The highest BCUT2D eigenvalue weighted by atomic mass is 19.2. The predicted molar refractivity (Wildman–Crippen MR) is 74.9 cm³/mol. The van der Waals surface area contributed by atoms with Crippen molar-refractivity contribution >= 4 is 0 Å². The standard InChI is InChI=1S/C15H24F2N2/c1-4-11(2)10-19(3)9-8-14(18)12-6-5-7-13(16)15(12)17/h5-7,11,14H,4,8-10,18H2,1-3H3. The molecule has 0 aliphatic heterocycles. The number of nitrogens with two attached hydrogens (primary N) is 1. The number of hydrogen-bond acceptors (Lipinski definition) is 2. The van der Waals surface area contributed by atoms with Crippen LogP contribution in [0.2, 0.25) is 0 Å². The Morgan fingerprint density at radius 2 is 2.00 bits per heavy atom. The predicted octanol–water partition coefficient (Wildman–Crippen LogP) is 3.33. The molecule has 4 heteroatoms. The van der Waals surface area contributed by atoms with Crippen LogP contribution in [0.1, 0.15) is 38.3 Å². The van der Waals surface area contributed by atoms with Gasteiger partial charge in [0.05, 0.1) is 0 Å². The zero-order chi connectivity index (χ0) is 14.4. The van der Waals surface area contributed by atoms with Crippen LogP contribution in [0.5, 0.6) is 0 Å². The lowest BCUT2D eigenvalue weighted by Gasteiger charge is -2.22. The van der Waals surface area contributed by atoms with E-state index in [-0.39, 0.29) is 5.56 Å². The summed E-state index contributed by atoms with van der Waals surface area (Å²) < 4.78 is 26.7. The lowest BCUT2D eigenvalue weighted by atomic mass is 10.0. The van der Waals surface area contributed by atoms with Crippen LogP contribution < -0.4 is 5.73 Å². The number of benzene rings is 1. The first-order valence-electron chi connectivity index (χ1n) is 6.83. The van der Waals surface area contributed by atoms with Crippen LogP contribution >= 0.6 is 0 Å². The third-order valence-electron chi connectivity index (χ3n) is 3.52. The van der Waals surface area contributed by atoms with Gasteiger partial charge in [-0.05, 0) is 32.0 Å². The lowest BCUT2D eigenvalue weighted by molar-refractivity contribution is 0.271. The molecule has 1 aromatic rings. The van der Waals surface area contributed by atoms with Crippen molar-refractivity contribution in [1.29, 1.82) is 0 Å². The molecule has 0 radical (unpaired) electrons. The summed E-state index contributed by atoms with van der Waals surface area (Å²) in [6.07, 6.45) is 1.75. The molecule has 0 spiro atoms. The average Bonchev–Trinajstić information content (AvgIpc) is 2.39. The van der Waals surface area contributed by atoms with E-state index >= 15 is 0 Å². The fourth-order valence-electron chi connectivity index (χ4n) is 2.07. The number of rotatable bonds is 7. The van der Waals surface area contributed by atoms with Crippen molar-refractivity contribution in [2.45, 2.75) is 32.7 Å². The molecule has 0 saturated heterocycles. The average molecular weight is 270 g/mol. The Labute approximate surface area is 114 Å². The quantitative estimate of drug-likeness (QED) is 0.823. The smallest absolute Gasteiger partial charge is 0.163 e. The van der Waals surface area contributed by atoms with Gasteiger partial charge in [-0.3, -0.25) is 0 Å². The van der Waals surface area contributed by atoms with Crippen LogP contribution in [-0.2, 0) is 0 Å².